The Bertz CT molecular complexity index is 990. The number of methoxy groups -OCH3 is 2. The number of aromatic nitrogens is 2. The van der Waals surface area contributed by atoms with Crippen LogP contribution in [0.2, 0.25) is 0 Å². The first-order valence-electron chi connectivity index (χ1n) is 7.58. The number of aliphatic hydroxyl groups is 1. The number of allylic oxidation sites excluding steroid dienone is 1. The molecule has 1 heterocycles. The fourth-order valence-corrected chi connectivity index (χ4v) is 2.79. The van der Waals surface area contributed by atoms with Crippen LogP contribution in [0, 0.1) is 11.3 Å². The molecular weight excluding hydrogens is 318 g/mol. The highest BCUT2D eigenvalue weighted by molar-refractivity contribution is 5.96. The van der Waals surface area contributed by atoms with E-state index in [9.17, 15) is 10.4 Å². The van der Waals surface area contributed by atoms with Crippen molar-refractivity contribution in [1.82, 2.24) is 9.55 Å². The molecule has 6 heteroatoms. The lowest BCUT2D eigenvalue weighted by Crippen LogP contribution is -2.02. The van der Waals surface area contributed by atoms with Crippen LogP contribution in [0.3, 0.4) is 0 Å². The third-order valence-corrected chi connectivity index (χ3v) is 4.02. The van der Waals surface area contributed by atoms with Gasteiger partial charge in [0.1, 0.15) is 28.7 Å². The van der Waals surface area contributed by atoms with E-state index in [-0.39, 0.29) is 11.3 Å². The SMILES string of the molecule is COc1cccc(OC)c1/C(O)=C(\C#N)c1nc2ccccc2n1C. The molecule has 1 aromatic heterocycles. The predicted octanol–water partition coefficient (Wildman–Crippen LogP) is 3.54. The minimum atomic E-state index is -0.241. The summed E-state index contributed by atoms with van der Waals surface area (Å²) in [4.78, 5) is 4.48. The first-order valence-corrected chi connectivity index (χ1v) is 7.58. The van der Waals surface area contributed by atoms with E-state index in [1.165, 1.54) is 14.2 Å². The van der Waals surface area contributed by atoms with Gasteiger partial charge >= 0.3 is 0 Å². The average Bonchev–Trinajstić information content (AvgIpc) is 2.98. The van der Waals surface area contributed by atoms with E-state index in [4.69, 9.17) is 9.47 Å². The van der Waals surface area contributed by atoms with Gasteiger partial charge in [0.25, 0.3) is 0 Å². The number of fused-ring (bicyclic) bond motifs is 1. The molecule has 0 unspecified atom stereocenters. The molecule has 2 aromatic carbocycles. The second-order valence-corrected chi connectivity index (χ2v) is 5.36. The van der Waals surface area contributed by atoms with Gasteiger partial charge in [-0.15, -0.1) is 0 Å². The third-order valence-electron chi connectivity index (χ3n) is 4.02. The van der Waals surface area contributed by atoms with E-state index in [1.807, 2.05) is 24.3 Å². The van der Waals surface area contributed by atoms with Crippen LogP contribution in [0.5, 0.6) is 11.5 Å². The fraction of sp³-hybridized carbons (Fsp3) is 0.158. The lowest BCUT2D eigenvalue weighted by atomic mass is 10.1. The molecule has 0 aliphatic carbocycles. The zero-order valence-corrected chi connectivity index (χ0v) is 14.1. The third kappa shape index (κ3) is 2.66. The van der Waals surface area contributed by atoms with Gasteiger partial charge in [0.05, 0.1) is 25.3 Å². The zero-order chi connectivity index (χ0) is 18.0. The highest BCUT2D eigenvalue weighted by atomic mass is 16.5. The maximum absolute atomic E-state index is 10.9. The number of aliphatic hydroxyl groups excluding tert-OH is 1. The summed E-state index contributed by atoms with van der Waals surface area (Å²) in [5.74, 6) is 0.941. The number of ether oxygens (including phenoxy) is 2. The molecule has 0 saturated heterocycles. The Morgan fingerprint density at radius 1 is 1.08 bits per heavy atom. The summed E-state index contributed by atoms with van der Waals surface area (Å²) in [5.41, 5.74) is 1.97. The zero-order valence-electron chi connectivity index (χ0n) is 14.1. The maximum atomic E-state index is 10.9. The summed E-state index contributed by atoms with van der Waals surface area (Å²) in [6, 6.07) is 14.7. The van der Waals surface area contributed by atoms with Crippen molar-refractivity contribution in [2.45, 2.75) is 0 Å². The van der Waals surface area contributed by atoms with E-state index in [1.54, 1.807) is 29.8 Å². The monoisotopic (exact) mass is 335 g/mol. The summed E-state index contributed by atoms with van der Waals surface area (Å²) in [5, 5.41) is 20.5. The molecule has 0 spiro atoms. The molecule has 0 aliphatic rings. The second kappa shape index (κ2) is 6.57. The molecule has 1 N–H and O–H groups in total. The Morgan fingerprint density at radius 3 is 2.28 bits per heavy atom. The number of aryl methyl sites for hydroxylation is 1. The van der Waals surface area contributed by atoms with Crippen molar-refractivity contribution in [2.75, 3.05) is 14.2 Å². The standard InChI is InChI=1S/C19H17N3O3/c1-22-14-8-5-4-7-13(14)21-19(22)12(11-20)18(23)17-15(24-2)9-6-10-16(17)25-3/h4-10,23H,1-3H3/b18-12-. The van der Waals surface area contributed by atoms with Crippen molar-refractivity contribution in [3.8, 4) is 17.6 Å². The Balaban J connectivity index is 2.30. The van der Waals surface area contributed by atoms with Crippen LogP contribution < -0.4 is 9.47 Å². The van der Waals surface area contributed by atoms with Crippen LogP contribution >= 0.6 is 0 Å². The highest BCUT2D eigenvalue weighted by Gasteiger charge is 2.22. The van der Waals surface area contributed by atoms with Crippen molar-refractivity contribution < 1.29 is 14.6 Å². The van der Waals surface area contributed by atoms with E-state index < -0.39 is 0 Å². The van der Waals surface area contributed by atoms with Crippen molar-refractivity contribution in [3.63, 3.8) is 0 Å². The van der Waals surface area contributed by atoms with Gasteiger partial charge in [-0.2, -0.15) is 5.26 Å². The Labute approximate surface area is 145 Å². The summed E-state index contributed by atoms with van der Waals surface area (Å²) >= 11 is 0. The quantitative estimate of drug-likeness (QED) is 0.582. The van der Waals surface area contributed by atoms with Crippen LogP contribution in [-0.2, 0) is 7.05 Å². The van der Waals surface area contributed by atoms with Crippen molar-refractivity contribution in [2.24, 2.45) is 7.05 Å². The van der Waals surface area contributed by atoms with Crippen LogP contribution in [-0.4, -0.2) is 28.9 Å². The number of nitriles is 1. The molecule has 3 rings (SSSR count). The second-order valence-electron chi connectivity index (χ2n) is 5.36. The van der Waals surface area contributed by atoms with E-state index in [0.29, 0.717) is 22.9 Å². The number of hydrogen-bond acceptors (Lipinski definition) is 5. The number of benzene rings is 2. The number of rotatable bonds is 4. The van der Waals surface area contributed by atoms with Crippen molar-refractivity contribution >= 4 is 22.4 Å². The number of para-hydroxylation sites is 2. The molecular formula is C19H17N3O3. The summed E-state index contributed by atoms with van der Waals surface area (Å²) < 4.78 is 12.4. The lowest BCUT2D eigenvalue weighted by molar-refractivity contribution is 0.385. The van der Waals surface area contributed by atoms with E-state index >= 15 is 0 Å². The summed E-state index contributed by atoms with van der Waals surface area (Å²) in [6.07, 6.45) is 0. The van der Waals surface area contributed by atoms with Crippen molar-refractivity contribution in [3.05, 3.63) is 53.9 Å². The Kier molecular flexibility index (Phi) is 4.31. The van der Waals surface area contributed by atoms with Gasteiger partial charge in [-0.05, 0) is 24.3 Å². The molecule has 0 aliphatic heterocycles. The van der Waals surface area contributed by atoms with Crippen LogP contribution in [0.25, 0.3) is 22.4 Å². The van der Waals surface area contributed by atoms with Crippen LogP contribution in [0.4, 0.5) is 0 Å². The van der Waals surface area contributed by atoms with E-state index in [2.05, 4.69) is 11.1 Å². The molecule has 6 nitrogen and oxygen atoms in total. The number of imidazole rings is 1. The molecule has 0 fully saturated rings. The maximum Gasteiger partial charge on any atom is 0.155 e. The first kappa shape index (κ1) is 16.4. The molecule has 0 bridgehead atoms. The Morgan fingerprint density at radius 2 is 1.72 bits per heavy atom. The minimum Gasteiger partial charge on any atom is -0.505 e. The summed E-state index contributed by atoms with van der Waals surface area (Å²) in [7, 11) is 4.79. The van der Waals surface area contributed by atoms with Gasteiger partial charge in [0.2, 0.25) is 0 Å². The smallest absolute Gasteiger partial charge is 0.155 e. The molecule has 3 aromatic rings. The average molecular weight is 335 g/mol. The topological polar surface area (TPSA) is 80.3 Å². The fourth-order valence-electron chi connectivity index (χ4n) is 2.79. The van der Waals surface area contributed by atoms with Gasteiger partial charge in [-0.1, -0.05) is 18.2 Å². The molecule has 25 heavy (non-hydrogen) atoms. The molecule has 0 amide bonds. The predicted molar refractivity (Wildman–Crippen MR) is 95.3 cm³/mol. The van der Waals surface area contributed by atoms with Gasteiger partial charge in [-0.3, -0.25) is 0 Å². The molecule has 126 valence electrons. The minimum absolute atomic E-state index is 0.0431. The van der Waals surface area contributed by atoms with Crippen LogP contribution in [0.15, 0.2) is 42.5 Å². The van der Waals surface area contributed by atoms with Gasteiger partial charge in [-0.25, -0.2) is 4.98 Å². The molecule has 0 saturated carbocycles. The highest BCUT2D eigenvalue weighted by Crippen LogP contribution is 2.37. The first-order chi connectivity index (χ1) is 12.1. The number of nitrogens with zero attached hydrogens (tertiary/aromatic N) is 3. The number of hydrogen-bond donors (Lipinski definition) is 1. The van der Waals surface area contributed by atoms with Crippen molar-refractivity contribution in [1.29, 1.82) is 5.26 Å². The van der Waals surface area contributed by atoms with Gasteiger partial charge in [0.15, 0.2) is 11.6 Å². The van der Waals surface area contributed by atoms with E-state index in [0.717, 1.165) is 11.0 Å². The largest absolute Gasteiger partial charge is 0.505 e. The normalized spacial score (nSPS) is 11.8. The lowest BCUT2D eigenvalue weighted by Gasteiger charge is -2.13. The molecule has 0 radical (unpaired) electrons. The Hall–Kier alpha value is -3.46. The van der Waals surface area contributed by atoms with Gasteiger partial charge < -0.3 is 19.1 Å². The molecule has 0 atom stereocenters. The van der Waals surface area contributed by atoms with Gasteiger partial charge in [0, 0.05) is 7.05 Å². The summed E-state index contributed by atoms with van der Waals surface area (Å²) in [6.45, 7) is 0. The van der Waals surface area contributed by atoms with Crippen LogP contribution in [0.1, 0.15) is 11.4 Å².